The highest BCUT2D eigenvalue weighted by Crippen LogP contribution is 2.13. The highest BCUT2D eigenvalue weighted by atomic mass is 16.3. The highest BCUT2D eigenvalue weighted by molar-refractivity contribution is 5.78. The van der Waals surface area contributed by atoms with Gasteiger partial charge in [-0.3, -0.25) is 15.1 Å². The number of benzene rings is 1. The largest absolute Gasteiger partial charge is 0.395 e. The first-order chi connectivity index (χ1) is 8.58. The van der Waals surface area contributed by atoms with Gasteiger partial charge in [-0.15, -0.1) is 0 Å². The maximum Gasteiger partial charge on any atom is 0.238 e. The van der Waals surface area contributed by atoms with Crippen LogP contribution >= 0.6 is 0 Å². The van der Waals surface area contributed by atoms with Gasteiger partial charge < -0.3 is 5.11 Å². The summed E-state index contributed by atoms with van der Waals surface area (Å²) in [5, 5.41) is 9.11. The Morgan fingerprint density at radius 2 is 2.06 bits per heavy atom. The van der Waals surface area contributed by atoms with Gasteiger partial charge in [-0.25, -0.2) is 5.84 Å². The number of amides is 1. The van der Waals surface area contributed by atoms with Gasteiger partial charge in [0.2, 0.25) is 5.91 Å². The summed E-state index contributed by atoms with van der Waals surface area (Å²) in [7, 11) is 1.95. The number of nitrogens with zero attached hydrogens (tertiary/aromatic N) is 1. The topological polar surface area (TPSA) is 78.6 Å². The summed E-state index contributed by atoms with van der Waals surface area (Å²) >= 11 is 0. The van der Waals surface area contributed by atoms with Crippen LogP contribution in [0.1, 0.15) is 18.1 Å². The van der Waals surface area contributed by atoms with Crippen molar-refractivity contribution in [3.8, 4) is 0 Å². The third kappa shape index (κ3) is 4.10. The molecule has 0 bridgehead atoms. The molecule has 1 aromatic rings. The Morgan fingerprint density at radius 3 is 2.61 bits per heavy atom. The Kier molecular flexibility index (Phi) is 5.77. The third-order valence-electron chi connectivity index (χ3n) is 3.07. The third-order valence-corrected chi connectivity index (χ3v) is 3.07. The monoisotopic (exact) mass is 251 g/mol. The van der Waals surface area contributed by atoms with Crippen molar-refractivity contribution in [2.24, 2.45) is 5.84 Å². The standard InChI is InChI=1S/C13H21N3O2/c1-10(9-17)16(2)8-12-6-4-3-5-11(12)7-13(18)15-14/h3-6,10,17H,7-9,14H2,1-2H3,(H,15,18). The van der Waals surface area contributed by atoms with Gasteiger partial charge in [-0.1, -0.05) is 24.3 Å². The van der Waals surface area contributed by atoms with Crippen molar-refractivity contribution >= 4 is 5.91 Å². The van der Waals surface area contributed by atoms with E-state index in [1.54, 1.807) is 0 Å². The van der Waals surface area contributed by atoms with Crippen LogP contribution in [0.25, 0.3) is 0 Å². The fourth-order valence-corrected chi connectivity index (χ4v) is 1.67. The van der Waals surface area contributed by atoms with E-state index in [9.17, 15) is 4.79 Å². The first kappa shape index (κ1) is 14.6. The van der Waals surface area contributed by atoms with Crippen molar-refractivity contribution in [2.75, 3.05) is 13.7 Å². The van der Waals surface area contributed by atoms with Crippen molar-refractivity contribution in [3.63, 3.8) is 0 Å². The molecule has 0 aliphatic carbocycles. The summed E-state index contributed by atoms with van der Waals surface area (Å²) in [5.41, 5.74) is 4.16. The molecular weight excluding hydrogens is 230 g/mol. The molecule has 1 rings (SSSR count). The van der Waals surface area contributed by atoms with Crippen molar-refractivity contribution in [1.29, 1.82) is 0 Å². The zero-order valence-electron chi connectivity index (χ0n) is 10.9. The lowest BCUT2D eigenvalue weighted by atomic mass is 10.0. The van der Waals surface area contributed by atoms with E-state index in [4.69, 9.17) is 10.9 Å². The summed E-state index contributed by atoms with van der Waals surface area (Å²) in [6.07, 6.45) is 0.272. The Balaban J connectivity index is 2.78. The fourth-order valence-electron chi connectivity index (χ4n) is 1.67. The molecule has 1 aromatic carbocycles. The van der Waals surface area contributed by atoms with E-state index in [0.717, 1.165) is 11.1 Å². The van der Waals surface area contributed by atoms with E-state index in [1.807, 2.05) is 43.1 Å². The van der Waals surface area contributed by atoms with Crippen LogP contribution in [0.15, 0.2) is 24.3 Å². The summed E-state index contributed by atoms with van der Waals surface area (Å²) in [6.45, 7) is 2.76. The predicted molar refractivity (Wildman–Crippen MR) is 70.5 cm³/mol. The lowest BCUT2D eigenvalue weighted by Crippen LogP contribution is -2.33. The molecule has 5 heteroatoms. The fraction of sp³-hybridized carbons (Fsp3) is 0.462. The second kappa shape index (κ2) is 7.10. The molecule has 1 atom stereocenters. The van der Waals surface area contributed by atoms with Gasteiger partial charge >= 0.3 is 0 Å². The second-order valence-corrected chi connectivity index (χ2v) is 4.46. The number of carbonyl (C=O) groups excluding carboxylic acids is 1. The average Bonchev–Trinajstić information content (AvgIpc) is 2.39. The molecule has 4 N–H and O–H groups in total. The number of aliphatic hydroxyl groups excluding tert-OH is 1. The molecule has 1 amide bonds. The second-order valence-electron chi connectivity index (χ2n) is 4.46. The van der Waals surface area contributed by atoms with Gasteiger partial charge in [0.1, 0.15) is 0 Å². The molecule has 100 valence electrons. The van der Waals surface area contributed by atoms with Crippen LogP contribution < -0.4 is 11.3 Å². The molecule has 0 aliphatic heterocycles. The van der Waals surface area contributed by atoms with Gasteiger partial charge in [0, 0.05) is 12.6 Å². The van der Waals surface area contributed by atoms with Crippen molar-refractivity contribution in [3.05, 3.63) is 35.4 Å². The Hall–Kier alpha value is -1.43. The van der Waals surface area contributed by atoms with Gasteiger partial charge in [0.15, 0.2) is 0 Å². The molecule has 0 heterocycles. The van der Waals surface area contributed by atoms with Crippen LogP contribution in [0.5, 0.6) is 0 Å². The number of likely N-dealkylation sites (N-methyl/N-ethyl adjacent to an activating group) is 1. The van der Waals surface area contributed by atoms with Gasteiger partial charge in [-0.2, -0.15) is 0 Å². The van der Waals surface area contributed by atoms with Crippen LogP contribution in [0.4, 0.5) is 0 Å². The normalized spacial score (nSPS) is 12.5. The zero-order chi connectivity index (χ0) is 13.5. The lowest BCUT2D eigenvalue weighted by Gasteiger charge is -2.24. The molecule has 0 saturated carbocycles. The quantitative estimate of drug-likeness (QED) is 0.379. The van der Waals surface area contributed by atoms with Gasteiger partial charge in [0.05, 0.1) is 13.0 Å². The lowest BCUT2D eigenvalue weighted by molar-refractivity contribution is -0.120. The van der Waals surface area contributed by atoms with Crippen LogP contribution in [-0.2, 0) is 17.8 Å². The van der Waals surface area contributed by atoms with Crippen LogP contribution in [0, 0.1) is 0 Å². The number of carbonyl (C=O) groups is 1. The molecule has 0 aromatic heterocycles. The molecule has 5 nitrogen and oxygen atoms in total. The molecule has 0 spiro atoms. The molecule has 18 heavy (non-hydrogen) atoms. The number of nitrogens with two attached hydrogens (primary N) is 1. The average molecular weight is 251 g/mol. The van der Waals surface area contributed by atoms with Crippen LogP contribution in [-0.4, -0.2) is 35.6 Å². The minimum absolute atomic E-state index is 0.0846. The molecule has 0 radical (unpaired) electrons. The Bertz CT molecular complexity index is 396. The molecule has 0 saturated heterocycles. The Labute approximate surface area is 108 Å². The molecule has 1 unspecified atom stereocenters. The maximum atomic E-state index is 11.3. The van der Waals surface area contributed by atoms with Gasteiger partial charge in [-0.05, 0) is 25.1 Å². The number of hydrazine groups is 1. The van der Waals surface area contributed by atoms with Crippen molar-refractivity contribution in [1.82, 2.24) is 10.3 Å². The summed E-state index contributed by atoms with van der Waals surface area (Å²) in [4.78, 5) is 13.4. The maximum absolute atomic E-state index is 11.3. The van der Waals surface area contributed by atoms with E-state index in [0.29, 0.717) is 6.54 Å². The van der Waals surface area contributed by atoms with Crippen LogP contribution in [0.2, 0.25) is 0 Å². The minimum atomic E-state index is -0.208. The number of hydrogen-bond donors (Lipinski definition) is 3. The summed E-state index contributed by atoms with van der Waals surface area (Å²) in [5.74, 6) is 4.89. The SMILES string of the molecule is CC(CO)N(C)Cc1ccccc1CC(=O)NN. The van der Waals surface area contributed by atoms with E-state index in [2.05, 4.69) is 5.43 Å². The van der Waals surface area contributed by atoms with Crippen molar-refractivity contribution in [2.45, 2.75) is 25.9 Å². The number of hydrogen-bond acceptors (Lipinski definition) is 4. The van der Waals surface area contributed by atoms with E-state index in [-0.39, 0.29) is 25.0 Å². The van der Waals surface area contributed by atoms with Crippen molar-refractivity contribution < 1.29 is 9.90 Å². The van der Waals surface area contributed by atoms with E-state index in [1.165, 1.54) is 0 Å². The first-order valence-corrected chi connectivity index (χ1v) is 5.95. The molecular formula is C13H21N3O2. The van der Waals surface area contributed by atoms with Gasteiger partial charge in [0.25, 0.3) is 0 Å². The number of aliphatic hydroxyl groups is 1. The molecule has 0 fully saturated rings. The van der Waals surface area contributed by atoms with E-state index < -0.39 is 0 Å². The summed E-state index contributed by atoms with van der Waals surface area (Å²) in [6, 6.07) is 7.83. The Morgan fingerprint density at radius 1 is 1.44 bits per heavy atom. The zero-order valence-corrected chi connectivity index (χ0v) is 10.9. The predicted octanol–water partition coefficient (Wildman–Crippen LogP) is 0.0316. The smallest absolute Gasteiger partial charge is 0.238 e. The van der Waals surface area contributed by atoms with Crippen LogP contribution in [0.3, 0.4) is 0 Å². The number of rotatable bonds is 6. The number of nitrogens with one attached hydrogen (secondary N) is 1. The molecule has 0 aliphatic rings. The summed E-state index contributed by atoms with van der Waals surface area (Å²) < 4.78 is 0. The van der Waals surface area contributed by atoms with E-state index >= 15 is 0 Å². The minimum Gasteiger partial charge on any atom is -0.395 e. The first-order valence-electron chi connectivity index (χ1n) is 5.95. The highest BCUT2D eigenvalue weighted by Gasteiger charge is 2.12.